The van der Waals surface area contributed by atoms with Gasteiger partial charge in [0.1, 0.15) is 11.5 Å². The molecule has 1 saturated heterocycles. The number of rotatable bonds is 6. The van der Waals surface area contributed by atoms with Gasteiger partial charge in [-0.2, -0.15) is 0 Å². The van der Waals surface area contributed by atoms with Crippen molar-refractivity contribution in [3.63, 3.8) is 0 Å². The number of anilines is 2. The molecule has 0 saturated carbocycles. The molecule has 0 radical (unpaired) electrons. The molecule has 0 spiro atoms. The topological polar surface area (TPSA) is 62.8 Å². The summed E-state index contributed by atoms with van der Waals surface area (Å²) in [5, 5.41) is 5.80. The molecule has 1 atom stereocenters. The van der Waals surface area contributed by atoms with Crippen molar-refractivity contribution >= 4 is 17.4 Å². The van der Waals surface area contributed by atoms with E-state index in [0.717, 1.165) is 42.4 Å². The summed E-state index contributed by atoms with van der Waals surface area (Å²) in [6.45, 7) is 2.57. The van der Waals surface area contributed by atoms with Gasteiger partial charge in [0.2, 0.25) is 0 Å². The normalized spacial score (nSPS) is 16.2. The van der Waals surface area contributed by atoms with Crippen molar-refractivity contribution in [2.24, 2.45) is 5.92 Å². The third-order valence-corrected chi connectivity index (χ3v) is 4.60. The van der Waals surface area contributed by atoms with Gasteiger partial charge in [-0.1, -0.05) is 6.07 Å². The maximum atomic E-state index is 12.1. The third kappa shape index (κ3) is 4.59. The number of nitrogens with one attached hydrogen (secondary N) is 2. The largest absolute Gasteiger partial charge is 0.497 e. The molecule has 1 aliphatic heterocycles. The fourth-order valence-corrected chi connectivity index (χ4v) is 3.13. The first-order valence-corrected chi connectivity index (χ1v) is 8.76. The number of benzene rings is 2. The minimum atomic E-state index is -0.185. The van der Waals surface area contributed by atoms with Gasteiger partial charge in [-0.25, -0.2) is 4.79 Å². The number of nitrogens with zero attached hydrogens (tertiary/aromatic N) is 1. The van der Waals surface area contributed by atoms with Gasteiger partial charge >= 0.3 is 6.03 Å². The Morgan fingerprint density at radius 2 is 1.88 bits per heavy atom. The van der Waals surface area contributed by atoms with Crippen LogP contribution in [-0.4, -0.2) is 39.9 Å². The summed E-state index contributed by atoms with van der Waals surface area (Å²) in [6, 6.07) is 15.2. The van der Waals surface area contributed by atoms with Crippen LogP contribution in [-0.2, 0) is 0 Å². The van der Waals surface area contributed by atoms with Crippen LogP contribution in [0.25, 0.3) is 0 Å². The molecule has 6 nitrogen and oxygen atoms in total. The van der Waals surface area contributed by atoms with Crippen LogP contribution in [0.5, 0.6) is 11.5 Å². The number of methoxy groups -OCH3 is 2. The van der Waals surface area contributed by atoms with E-state index < -0.39 is 0 Å². The average molecular weight is 355 g/mol. The van der Waals surface area contributed by atoms with E-state index in [1.165, 1.54) is 0 Å². The van der Waals surface area contributed by atoms with E-state index in [9.17, 15) is 4.79 Å². The summed E-state index contributed by atoms with van der Waals surface area (Å²) >= 11 is 0. The summed E-state index contributed by atoms with van der Waals surface area (Å²) in [5.41, 5.74) is 1.90. The fraction of sp³-hybridized carbons (Fsp3) is 0.350. The van der Waals surface area contributed by atoms with E-state index in [2.05, 4.69) is 21.6 Å². The van der Waals surface area contributed by atoms with Crippen molar-refractivity contribution in [3.8, 4) is 11.5 Å². The van der Waals surface area contributed by atoms with Crippen LogP contribution in [0.3, 0.4) is 0 Å². The number of carbonyl (C=O) groups excluding carboxylic acids is 1. The summed E-state index contributed by atoms with van der Waals surface area (Å²) in [5.74, 6) is 2.06. The Labute approximate surface area is 154 Å². The van der Waals surface area contributed by atoms with Gasteiger partial charge in [0, 0.05) is 37.1 Å². The zero-order valence-corrected chi connectivity index (χ0v) is 15.2. The molecule has 2 N–H and O–H groups in total. The molecule has 1 aliphatic rings. The van der Waals surface area contributed by atoms with E-state index in [4.69, 9.17) is 9.47 Å². The van der Waals surface area contributed by atoms with Gasteiger partial charge in [0.05, 0.1) is 14.2 Å². The van der Waals surface area contributed by atoms with E-state index in [-0.39, 0.29) is 6.03 Å². The second kappa shape index (κ2) is 8.47. The van der Waals surface area contributed by atoms with Crippen LogP contribution in [0.15, 0.2) is 48.5 Å². The number of hydrogen-bond donors (Lipinski definition) is 2. The zero-order chi connectivity index (χ0) is 18.4. The van der Waals surface area contributed by atoms with Crippen LogP contribution in [0, 0.1) is 5.92 Å². The van der Waals surface area contributed by atoms with Crippen molar-refractivity contribution in [2.45, 2.75) is 6.42 Å². The molecule has 2 amide bonds. The molecular formula is C20H25N3O3. The molecule has 1 heterocycles. The molecule has 0 aromatic heterocycles. The first-order valence-electron chi connectivity index (χ1n) is 8.76. The predicted molar refractivity (Wildman–Crippen MR) is 103 cm³/mol. The zero-order valence-electron chi connectivity index (χ0n) is 15.2. The highest BCUT2D eigenvalue weighted by atomic mass is 16.5. The number of amides is 2. The average Bonchev–Trinajstić information content (AvgIpc) is 3.16. The second-order valence-electron chi connectivity index (χ2n) is 6.37. The van der Waals surface area contributed by atoms with Gasteiger partial charge in [0.15, 0.2) is 0 Å². The Bertz CT molecular complexity index is 733. The summed E-state index contributed by atoms with van der Waals surface area (Å²) in [7, 11) is 3.29. The third-order valence-electron chi connectivity index (χ3n) is 4.60. The standard InChI is InChI=1S/C20H25N3O3/c1-25-18-8-6-16(7-9-18)22-20(24)21-13-15-10-11-23(14-15)17-4-3-5-19(12-17)26-2/h3-9,12,15H,10-11,13-14H2,1-2H3,(H2,21,22,24)/t15-/m0/s1. The maximum Gasteiger partial charge on any atom is 0.319 e. The quantitative estimate of drug-likeness (QED) is 0.834. The lowest BCUT2D eigenvalue weighted by molar-refractivity contribution is 0.250. The number of urea groups is 1. The number of ether oxygens (including phenoxy) is 2. The van der Waals surface area contributed by atoms with Crippen molar-refractivity contribution in [2.75, 3.05) is 44.1 Å². The second-order valence-corrected chi connectivity index (χ2v) is 6.37. The van der Waals surface area contributed by atoms with Crippen molar-refractivity contribution in [3.05, 3.63) is 48.5 Å². The lowest BCUT2D eigenvalue weighted by Gasteiger charge is -2.19. The molecule has 0 bridgehead atoms. The first kappa shape index (κ1) is 17.9. The van der Waals surface area contributed by atoms with Gasteiger partial charge in [0.25, 0.3) is 0 Å². The van der Waals surface area contributed by atoms with E-state index >= 15 is 0 Å². The van der Waals surface area contributed by atoms with Gasteiger partial charge in [-0.15, -0.1) is 0 Å². The highest BCUT2D eigenvalue weighted by molar-refractivity contribution is 5.89. The Kier molecular flexibility index (Phi) is 5.84. The first-order chi connectivity index (χ1) is 12.7. The highest BCUT2D eigenvalue weighted by Crippen LogP contribution is 2.26. The van der Waals surface area contributed by atoms with Crippen molar-refractivity contribution in [1.29, 1.82) is 0 Å². The molecule has 138 valence electrons. The number of carbonyl (C=O) groups is 1. The summed E-state index contributed by atoms with van der Waals surface area (Å²) < 4.78 is 10.4. The molecule has 1 fully saturated rings. The molecular weight excluding hydrogens is 330 g/mol. The molecule has 2 aromatic rings. The summed E-state index contributed by atoms with van der Waals surface area (Å²) in [4.78, 5) is 14.4. The minimum absolute atomic E-state index is 0.185. The Morgan fingerprint density at radius 3 is 2.62 bits per heavy atom. The smallest absolute Gasteiger partial charge is 0.319 e. The fourth-order valence-electron chi connectivity index (χ4n) is 3.13. The Morgan fingerprint density at radius 1 is 1.12 bits per heavy atom. The summed E-state index contributed by atoms with van der Waals surface area (Å²) in [6.07, 6.45) is 1.06. The lowest BCUT2D eigenvalue weighted by Crippen LogP contribution is -2.34. The van der Waals surface area contributed by atoms with Crippen LogP contribution in [0.1, 0.15) is 6.42 Å². The maximum absolute atomic E-state index is 12.1. The van der Waals surface area contributed by atoms with Gasteiger partial charge < -0.3 is 25.0 Å². The predicted octanol–water partition coefficient (Wildman–Crippen LogP) is 3.35. The van der Waals surface area contributed by atoms with Crippen LogP contribution in [0.2, 0.25) is 0 Å². The molecule has 0 aliphatic carbocycles. The van der Waals surface area contributed by atoms with E-state index in [0.29, 0.717) is 12.5 Å². The van der Waals surface area contributed by atoms with Crippen molar-refractivity contribution < 1.29 is 14.3 Å². The van der Waals surface area contributed by atoms with Gasteiger partial charge in [-0.3, -0.25) is 0 Å². The highest BCUT2D eigenvalue weighted by Gasteiger charge is 2.23. The molecule has 2 aromatic carbocycles. The SMILES string of the molecule is COc1ccc(NC(=O)NC[C@@H]2CCN(c3cccc(OC)c3)C2)cc1. The molecule has 0 unspecified atom stereocenters. The minimum Gasteiger partial charge on any atom is -0.497 e. The van der Waals surface area contributed by atoms with Crippen LogP contribution >= 0.6 is 0 Å². The molecule has 26 heavy (non-hydrogen) atoms. The van der Waals surface area contributed by atoms with Crippen molar-refractivity contribution in [1.82, 2.24) is 5.32 Å². The number of hydrogen-bond acceptors (Lipinski definition) is 4. The van der Waals surface area contributed by atoms with Gasteiger partial charge in [-0.05, 0) is 48.7 Å². The monoisotopic (exact) mass is 355 g/mol. The van der Waals surface area contributed by atoms with E-state index in [1.807, 2.05) is 42.5 Å². The van der Waals surface area contributed by atoms with Crippen LogP contribution < -0.4 is 25.0 Å². The van der Waals surface area contributed by atoms with Crippen LogP contribution in [0.4, 0.5) is 16.2 Å². The lowest BCUT2D eigenvalue weighted by atomic mass is 10.1. The molecule has 6 heteroatoms. The molecule has 3 rings (SSSR count). The van der Waals surface area contributed by atoms with E-state index in [1.54, 1.807) is 14.2 Å². The Hall–Kier alpha value is -2.89. The Balaban J connectivity index is 1.45.